The van der Waals surface area contributed by atoms with E-state index in [0.717, 1.165) is 23.4 Å². The van der Waals surface area contributed by atoms with Crippen molar-refractivity contribution in [1.29, 1.82) is 0 Å². The van der Waals surface area contributed by atoms with Gasteiger partial charge in [0, 0.05) is 18.2 Å². The van der Waals surface area contributed by atoms with Crippen molar-refractivity contribution < 1.29 is 4.39 Å². The maximum atomic E-state index is 13.3. The third-order valence-electron chi connectivity index (χ3n) is 3.29. The molecule has 3 rings (SSSR count). The molecule has 0 radical (unpaired) electrons. The highest BCUT2D eigenvalue weighted by Gasteiger charge is 2.13. The SMILES string of the molecule is CCn1c(-c2ccc(N)c(Cl)c2)nc2cc(F)ccc21. The maximum absolute atomic E-state index is 13.3. The highest BCUT2D eigenvalue weighted by Crippen LogP contribution is 2.29. The van der Waals surface area contributed by atoms with E-state index in [2.05, 4.69) is 4.98 Å². The zero-order valence-corrected chi connectivity index (χ0v) is 11.7. The molecule has 2 N–H and O–H groups in total. The molecule has 20 heavy (non-hydrogen) atoms. The number of fused-ring (bicyclic) bond motifs is 1. The quantitative estimate of drug-likeness (QED) is 0.722. The van der Waals surface area contributed by atoms with Crippen molar-refractivity contribution in [2.75, 3.05) is 5.73 Å². The van der Waals surface area contributed by atoms with Crippen LogP contribution < -0.4 is 5.73 Å². The van der Waals surface area contributed by atoms with Gasteiger partial charge in [-0.2, -0.15) is 0 Å². The zero-order valence-electron chi connectivity index (χ0n) is 10.9. The van der Waals surface area contributed by atoms with Crippen LogP contribution in [-0.4, -0.2) is 9.55 Å². The maximum Gasteiger partial charge on any atom is 0.141 e. The highest BCUT2D eigenvalue weighted by molar-refractivity contribution is 6.33. The van der Waals surface area contributed by atoms with Crippen molar-refractivity contribution in [2.24, 2.45) is 0 Å². The van der Waals surface area contributed by atoms with E-state index >= 15 is 0 Å². The number of rotatable bonds is 2. The largest absolute Gasteiger partial charge is 0.398 e. The summed E-state index contributed by atoms with van der Waals surface area (Å²) in [5.74, 6) is 0.468. The van der Waals surface area contributed by atoms with Crippen molar-refractivity contribution in [3.8, 4) is 11.4 Å². The van der Waals surface area contributed by atoms with Crippen LogP contribution in [0.1, 0.15) is 6.92 Å². The van der Waals surface area contributed by atoms with Crippen molar-refractivity contribution in [3.05, 3.63) is 47.2 Å². The van der Waals surface area contributed by atoms with Gasteiger partial charge in [-0.15, -0.1) is 0 Å². The lowest BCUT2D eigenvalue weighted by Crippen LogP contribution is -1.98. The van der Waals surface area contributed by atoms with Crippen LogP contribution in [0.2, 0.25) is 5.02 Å². The molecule has 0 atom stereocenters. The molecule has 1 heterocycles. The van der Waals surface area contributed by atoms with Crippen LogP contribution in [0.5, 0.6) is 0 Å². The van der Waals surface area contributed by atoms with Crippen molar-refractivity contribution >= 4 is 28.3 Å². The van der Waals surface area contributed by atoms with Crippen LogP contribution in [0, 0.1) is 5.82 Å². The Morgan fingerprint density at radius 1 is 1.25 bits per heavy atom. The van der Waals surface area contributed by atoms with E-state index in [1.807, 2.05) is 17.6 Å². The van der Waals surface area contributed by atoms with Gasteiger partial charge in [-0.1, -0.05) is 11.6 Å². The van der Waals surface area contributed by atoms with E-state index in [0.29, 0.717) is 16.2 Å². The number of aromatic nitrogens is 2. The monoisotopic (exact) mass is 289 g/mol. The second-order valence-corrected chi connectivity index (χ2v) is 4.96. The molecule has 3 nitrogen and oxygen atoms in total. The Kier molecular flexibility index (Phi) is 3.10. The summed E-state index contributed by atoms with van der Waals surface area (Å²) in [6, 6.07) is 10.0. The minimum Gasteiger partial charge on any atom is -0.398 e. The molecule has 3 aromatic rings. The first-order chi connectivity index (χ1) is 9.60. The van der Waals surface area contributed by atoms with Crippen LogP contribution in [0.4, 0.5) is 10.1 Å². The van der Waals surface area contributed by atoms with Gasteiger partial charge in [0.25, 0.3) is 0 Å². The number of imidazole rings is 1. The fraction of sp³-hybridized carbons (Fsp3) is 0.133. The molecule has 0 unspecified atom stereocenters. The summed E-state index contributed by atoms with van der Waals surface area (Å²) in [5, 5.41) is 0.489. The molecular weight excluding hydrogens is 277 g/mol. The normalized spacial score (nSPS) is 11.2. The molecule has 5 heteroatoms. The smallest absolute Gasteiger partial charge is 0.141 e. The topological polar surface area (TPSA) is 43.8 Å². The molecule has 0 fully saturated rings. The van der Waals surface area contributed by atoms with Gasteiger partial charge < -0.3 is 10.3 Å². The van der Waals surface area contributed by atoms with Gasteiger partial charge in [-0.25, -0.2) is 9.37 Å². The Morgan fingerprint density at radius 3 is 2.75 bits per heavy atom. The molecule has 0 saturated carbocycles. The molecule has 102 valence electrons. The number of benzene rings is 2. The number of hydrogen-bond acceptors (Lipinski definition) is 2. The van der Waals surface area contributed by atoms with Crippen molar-refractivity contribution in [1.82, 2.24) is 9.55 Å². The minimum absolute atomic E-state index is 0.292. The lowest BCUT2D eigenvalue weighted by Gasteiger charge is -2.07. The van der Waals surface area contributed by atoms with E-state index in [9.17, 15) is 4.39 Å². The summed E-state index contributed by atoms with van der Waals surface area (Å²) < 4.78 is 15.3. The number of nitrogen functional groups attached to an aromatic ring is 1. The molecule has 0 saturated heterocycles. The molecular formula is C15H13ClFN3. The standard InChI is InChI=1S/C15H13ClFN3/c1-2-20-14-6-4-10(17)8-13(14)19-15(20)9-3-5-12(18)11(16)7-9/h3-8H,2,18H2,1H3. The Bertz CT molecular complexity index is 795. The van der Waals surface area contributed by atoms with Crippen LogP contribution in [0.3, 0.4) is 0 Å². The Hall–Kier alpha value is -2.07. The predicted octanol–water partition coefficient (Wildman–Crippen LogP) is 4.10. The number of hydrogen-bond donors (Lipinski definition) is 1. The van der Waals surface area contributed by atoms with Gasteiger partial charge in [0.2, 0.25) is 0 Å². The van der Waals surface area contributed by atoms with Gasteiger partial charge in [0.15, 0.2) is 0 Å². The number of nitrogens with two attached hydrogens (primary N) is 1. The van der Waals surface area contributed by atoms with Gasteiger partial charge in [-0.3, -0.25) is 0 Å². The summed E-state index contributed by atoms with van der Waals surface area (Å²) in [6.07, 6.45) is 0. The van der Waals surface area contributed by atoms with Crippen molar-refractivity contribution in [3.63, 3.8) is 0 Å². The van der Waals surface area contributed by atoms with Gasteiger partial charge >= 0.3 is 0 Å². The number of anilines is 1. The van der Waals surface area contributed by atoms with Gasteiger partial charge in [0.05, 0.1) is 21.7 Å². The molecule has 0 bridgehead atoms. The second-order valence-electron chi connectivity index (χ2n) is 4.55. The first-order valence-electron chi connectivity index (χ1n) is 6.31. The van der Waals surface area contributed by atoms with E-state index < -0.39 is 0 Å². The summed E-state index contributed by atoms with van der Waals surface area (Å²) >= 11 is 6.06. The Balaban J connectivity index is 2.26. The first-order valence-corrected chi connectivity index (χ1v) is 6.69. The molecule has 0 aliphatic rings. The number of halogens is 2. The Morgan fingerprint density at radius 2 is 2.05 bits per heavy atom. The van der Waals surface area contributed by atoms with Gasteiger partial charge in [0.1, 0.15) is 11.6 Å². The van der Waals surface area contributed by atoms with Crippen LogP contribution in [-0.2, 0) is 6.54 Å². The molecule has 1 aromatic heterocycles. The summed E-state index contributed by atoms with van der Waals surface area (Å²) in [5.41, 5.74) is 8.65. The van der Waals surface area contributed by atoms with Gasteiger partial charge in [-0.05, 0) is 37.3 Å². The van der Waals surface area contributed by atoms with Crippen LogP contribution >= 0.6 is 11.6 Å². The van der Waals surface area contributed by atoms with Crippen molar-refractivity contribution in [2.45, 2.75) is 13.5 Å². The van der Waals surface area contributed by atoms with E-state index in [4.69, 9.17) is 17.3 Å². The first kappa shape index (κ1) is 12.9. The molecule has 2 aromatic carbocycles. The molecule has 0 amide bonds. The third-order valence-corrected chi connectivity index (χ3v) is 3.61. The lowest BCUT2D eigenvalue weighted by molar-refractivity contribution is 0.629. The highest BCUT2D eigenvalue weighted by atomic mass is 35.5. The molecule has 0 spiro atoms. The fourth-order valence-corrected chi connectivity index (χ4v) is 2.49. The third kappa shape index (κ3) is 2.02. The molecule has 0 aliphatic carbocycles. The summed E-state index contributed by atoms with van der Waals surface area (Å²) in [4.78, 5) is 4.51. The zero-order chi connectivity index (χ0) is 14.3. The lowest BCUT2D eigenvalue weighted by atomic mass is 10.2. The van der Waals surface area contributed by atoms with Crippen LogP contribution in [0.25, 0.3) is 22.4 Å². The van der Waals surface area contributed by atoms with Crippen LogP contribution in [0.15, 0.2) is 36.4 Å². The minimum atomic E-state index is -0.292. The number of aryl methyl sites for hydroxylation is 1. The Labute approximate surface area is 120 Å². The van der Waals surface area contributed by atoms with E-state index in [1.165, 1.54) is 12.1 Å². The molecule has 0 aliphatic heterocycles. The predicted molar refractivity (Wildman–Crippen MR) is 80.2 cm³/mol. The van der Waals surface area contributed by atoms with E-state index in [-0.39, 0.29) is 5.82 Å². The fourth-order valence-electron chi connectivity index (χ4n) is 2.31. The summed E-state index contributed by atoms with van der Waals surface area (Å²) in [6.45, 7) is 2.76. The number of nitrogens with zero attached hydrogens (tertiary/aromatic N) is 2. The average molecular weight is 290 g/mol. The summed E-state index contributed by atoms with van der Waals surface area (Å²) in [7, 11) is 0. The van der Waals surface area contributed by atoms with E-state index in [1.54, 1.807) is 18.2 Å². The second kappa shape index (κ2) is 4.80. The average Bonchev–Trinajstić information content (AvgIpc) is 2.79.